The second-order valence-corrected chi connectivity index (χ2v) is 4.61. The van der Waals surface area contributed by atoms with Crippen LogP contribution >= 0.6 is 0 Å². The maximum Gasteiger partial charge on any atom is 0.277 e. The van der Waals surface area contributed by atoms with Crippen molar-refractivity contribution in [2.75, 3.05) is 6.61 Å². The first kappa shape index (κ1) is 14.7. The molecule has 1 N–H and O–H groups in total. The quantitative estimate of drug-likeness (QED) is 0.676. The topological polar surface area (TPSA) is 63.6 Å². The van der Waals surface area contributed by atoms with E-state index in [1.54, 1.807) is 30.7 Å². The predicted octanol–water partition coefficient (Wildman–Crippen LogP) is 2.23. The molecule has 1 heterocycles. The van der Waals surface area contributed by atoms with E-state index in [-0.39, 0.29) is 12.5 Å². The number of hydrazone groups is 1. The zero-order valence-corrected chi connectivity index (χ0v) is 12.0. The molecule has 2 aromatic rings. The number of aromatic nitrogens is 1. The van der Waals surface area contributed by atoms with Crippen molar-refractivity contribution in [3.05, 3.63) is 59.4 Å². The molecule has 108 valence electrons. The average molecular weight is 283 g/mol. The van der Waals surface area contributed by atoms with Crippen LogP contribution in [0.4, 0.5) is 0 Å². The summed E-state index contributed by atoms with van der Waals surface area (Å²) in [5.41, 5.74) is 5.59. The third-order valence-electron chi connectivity index (χ3n) is 2.96. The predicted molar refractivity (Wildman–Crippen MR) is 81.4 cm³/mol. The van der Waals surface area contributed by atoms with E-state index in [0.717, 1.165) is 11.1 Å². The Morgan fingerprint density at radius 2 is 2.00 bits per heavy atom. The summed E-state index contributed by atoms with van der Waals surface area (Å²) in [6.45, 7) is 3.96. The molecule has 1 amide bonds. The first-order valence-electron chi connectivity index (χ1n) is 6.57. The van der Waals surface area contributed by atoms with Gasteiger partial charge in [-0.05, 0) is 54.8 Å². The Bertz CT molecular complexity index is 639. The second-order valence-electron chi connectivity index (χ2n) is 4.61. The lowest BCUT2D eigenvalue weighted by atomic mass is 10.1. The average Bonchev–Trinajstić information content (AvgIpc) is 2.49. The van der Waals surface area contributed by atoms with Crippen LogP contribution in [-0.4, -0.2) is 23.7 Å². The number of pyridine rings is 1. The molecule has 0 aliphatic heterocycles. The Morgan fingerprint density at radius 1 is 1.24 bits per heavy atom. The molecule has 0 bridgehead atoms. The number of carbonyl (C=O) groups excluding carboxylic acids is 1. The summed E-state index contributed by atoms with van der Waals surface area (Å²) in [4.78, 5) is 15.5. The van der Waals surface area contributed by atoms with Gasteiger partial charge >= 0.3 is 0 Å². The zero-order valence-electron chi connectivity index (χ0n) is 12.0. The Kier molecular flexibility index (Phi) is 5.04. The number of ether oxygens (including phenoxy) is 1. The van der Waals surface area contributed by atoms with Crippen molar-refractivity contribution in [1.29, 1.82) is 0 Å². The fourth-order valence-corrected chi connectivity index (χ4v) is 1.61. The highest BCUT2D eigenvalue weighted by Crippen LogP contribution is 2.16. The van der Waals surface area contributed by atoms with E-state index < -0.39 is 0 Å². The van der Waals surface area contributed by atoms with Crippen LogP contribution in [0.25, 0.3) is 0 Å². The number of nitrogens with one attached hydrogen (secondary N) is 1. The Balaban J connectivity index is 1.79. The summed E-state index contributed by atoms with van der Waals surface area (Å²) in [5.74, 6) is 0.366. The third kappa shape index (κ3) is 4.72. The minimum absolute atomic E-state index is 0.0732. The van der Waals surface area contributed by atoms with Crippen molar-refractivity contribution in [2.45, 2.75) is 13.8 Å². The van der Waals surface area contributed by atoms with E-state index >= 15 is 0 Å². The van der Waals surface area contributed by atoms with E-state index in [4.69, 9.17) is 4.74 Å². The van der Waals surface area contributed by atoms with Gasteiger partial charge in [0.1, 0.15) is 5.75 Å². The van der Waals surface area contributed by atoms with E-state index in [9.17, 15) is 4.79 Å². The summed E-state index contributed by atoms with van der Waals surface area (Å²) in [5, 5.41) is 3.85. The van der Waals surface area contributed by atoms with E-state index in [2.05, 4.69) is 15.5 Å². The number of benzene rings is 1. The molecule has 0 aliphatic carbocycles. The highest BCUT2D eigenvalue weighted by atomic mass is 16.5. The van der Waals surface area contributed by atoms with Crippen molar-refractivity contribution >= 4 is 12.1 Å². The van der Waals surface area contributed by atoms with Crippen LogP contribution in [0.3, 0.4) is 0 Å². The van der Waals surface area contributed by atoms with Crippen molar-refractivity contribution in [1.82, 2.24) is 10.4 Å². The number of nitrogens with zero attached hydrogens (tertiary/aromatic N) is 2. The van der Waals surface area contributed by atoms with Gasteiger partial charge in [0.2, 0.25) is 0 Å². The SMILES string of the molecule is Cc1ccc(OCC(=O)N/N=C\c2ccncc2)cc1C. The van der Waals surface area contributed by atoms with E-state index in [0.29, 0.717) is 5.75 Å². The van der Waals surface area contributed by atoms with Crippen LogP contribution in [0.2, 0.25) is 0 Å². The fraction of sp³-hybridized carbons (Fsp3) is 0.188. The molecule has 0 saturated carbocycles. The number of carbonyl (C=O) groups is 1. The molecule has 1 aromatic carbocycles. The minimum Gasteiger partial charge on any atom is -0.484 e. The molecular formula is C16H17N3O2. The molecule has 2 rings (SSSR count). The highest BCUT2D eigenvalue weighted by molar-refractivity contribution is 5.82. The monoisotopic (exact) mass is 283 g/mol. The van der Waals surface area contributed by atoms with Crippen molar-refractivity contribution in [3.63, 3.8) is 0 Å². The van der Waals surface area contributed by atoms with Gasteiger partial charge in [-0.2, -0.15) is 5.10 Å². The molecule has 5 nitrogen and oxygen atoms in total. The van der Waals surface area contributed by atoms with Gasteiger partial charge in [-0.15, -0.1) is 0 Å². The van der Waals surface area contributed by atoms with Gasteiger partial charge in [-0.1, -0.05) is 6.07 Å². The number of aryl methyl sites for hydroxylation is 2. The van der Waals surface area contributed by atoms with Crippen LogP contribution in [0.5, 0.6) is 5.75 Å². The smallest absolute Gasteiger partial charge is 0.277 e. The molecule has 0 radical (unpaired) electrons. The molecule has 0 atom stereocenters. The molecule has 0 spiro atoms. The lowest BCUT2D eigenvalue weighted by Gasteiger charge is -2.07. The van der Waals surface area contributed by atoms with Crippen molar-refractivity contribution in [3.8, 4) is 5.75 Å². The number of amides is 1. The Labute approximate surface area is 123 Å². The Morgan fingerprint density at radius 3 is 2.71 bits per heavy atom. The maximum atomic E-state index is 11.6. The van der Waals surface area contributed by atoms with Gasteiger partial charge in [0.05, 0.1) is 6.21 Å². The molecular weight excluding hydrogens is 266 g/mol. The molecule has 0 aliphatic rings. The molecule has 5 heteroatoms. The van der Waals surface area contributed by atoms with E-state index in [1.807, 2.05) is 32.0 Å². The molecule has 0 fully saturated rings. The van der Waals surface area contributed by atoms with Gasteiger partial charge in [0, 0.05) is 12.4 Å². The van der Waals surface area contributed by atoms with Crippen molar-refractivity contribution < 1.29 is 9.53 Å². The van der Waals surface area contributed by atoms with Crippen molar-refractivity contribution in [2.24, 2.45) is 5.10 Å². The van der Waals surface area contributed by atoms with E-state index in [1.165, 1.54) is 5.56 Å². The summed E-state index contributed by atoms with van der Waals surface area (Å²) in [6, 6.07) is 9.30. The van der Waals surface area contributed by atoms with Crippen LogP contribution in [-0.2, 0) is 4.79 Å². The molecule has 1 aromatic heterocycles. The largest absolute Gasteiger partial charge is 0.484 e. The normalized spacial score (nSPS) is 10.6. The highest BCUT2D eigenvalue weighted by Gasteiger charge is 2.02. The van der Waals surface area contributed by atoms with Crippen LogP contribution in [0.15, 0.2) is 47.8 Å². The van der Waals surface area contributed by atoms with Gasteiger partial charge in [-0.25, -0.2) is 5.43 Å². The lowest BCUT2D eigenvalue weighted by molar-refractivity contribution is -0.123. The van der Waals surface area contributed by atoms with Gasteiger partial charge in [-0.3, -0.25) is 9.78 Å². The maximum absolute atomic E-state index is 11.6. The molecule has 0 saturated heterocycles. The standard InChI is InChI=1S/C16H17N3O2/c1-12-3-4-15(9-13(12)2)21-11-16(20)19-18-10-14-5-7-17-8-6-14/h3-10H,11H2,1-2H3,(H,19,20)/b18-10-. The number of hydrogen-bond acceptors (Lipinski definition) is 4. The van der Waals surface area contributed by atoms with Gasteiger partial charge in [0.25, 0.3) is 5.91 Å². The van der Waals surface area contributed by atoms with Crippen LogP contribution in [0.1, 0.15) is 16.7 Å². The summed E-state index contributed by atoms with van der Waals surface area (Å²) in [7, 11) is 0. The minimum atomic E-state index is -0.307. The first-order chi connectivity index (χ1) is 10.1. The summed E-state index contributed by atoms with van der Waals surface area (Å²) in [6.07, 6.45) is 4.87. The Hall–Kier alpha value is -2.69. The number of rotatable bonds is 5. The van der Waals surface area contributed by atoms with Gasteiger partial charge < -0.3 is 4.74 Å². The lowest BCUT2D eigenvalue weighted by Crippen LogP contribution is -2.24. The fourth-order valence-electron chi connectivity index (χ4n) is 1.61. The van der Waals surface area contributed by atoms with Crippen LogP contribution < -0.4 is 10.2 Å². The van der Waals surface area contributed by atoms with Crippen LogP contribution in [0, 0.1) is 13.8 Å². The van der Waals surface area contributed by atoms with Gasteiger partial charge in [0.15, 0.2) is 6.61 Å². The number of hydrogen-bond donors (Lipinski definition) is 1. The molecule has 0 unspecified atom stereocenters. The zero-order chi connectivity index (χ0) is 15.1. The summed E-state index contributed by atoms with van der Waals surface area (Å²) >= 11 is 0. The third-order valence-corrected chi connectivity index (χ3v) is 2.96. The molecule has 21 heavy (non-hydrogen) atoms. The summed E-state index contributed by atoms with van der Waals surface area (Å²) < 4.78 is 5.41. The first-order valence-corrected chi connectivity index (χ1v) is 6.57. The second kappa shape index (κ2) is 7.19.